The standard InChI is InChI=1S/C22H24N2O3/c1-16-12-19(23(13-16)14-17-8-4-2-5-9-17)21(25)24-20(15-27-22(24)26)18-10-6-3-7-11-18/h2-11,16,19-20H,12-15H2,1H3/t16-,19?,20-/m0/s1. The number of ether oxygens (including phenoxy) is 1. The SMILES string of the molecule is C[C@H]1CC(C(=O)N2C(=O)OC[C@H]2c2ccccc2)N(Cc2ccccc2)C1. The maximum atomic E-state index is 13.4. The Bertz CT molecular complexity index is 809. The van der Waals surface area contributed by atoms with E-state index in [4.69, 9.17) is 4.74 Å². The fraction of sp³-hybridized carbons (Fsp3) is 0.364. The molecule has 2 fully saturated rings. The average molecular weight is 364 g/mol. The van der Waals surface area contributed by atoms with E-state index in [1.807, 2.05) is 48.5 Å². The molecule has 1 unspecified atom stereocenters. The molecule has 0 bridgehead atoms. The molecule has 2 aromatic carbocycles. The van der Waals surface area contributed by atoms with Gasteiger partial charge >= 0.3 is 6.09 Å². The van der Waals surface area contributed by atoms with Gasteiger partial charge in [-0.05, 0) is 23.5 Å². The lowest BCUT2D eigenvalue weighted by Gasteiger charge is -2.28. The highest BCUT2D eigenvalue weighted by Gasteiger charge is 2.45. The number of carbonyl (C=O) groups excluding carboxylic acids is 2. The van der Waals surface area contributed by atoms with Crippen molar-refractivity contribution in [2.75, 3.05) is 13.2 Å². The van der Waals surface area contributed by atoms with E-state index in [9.17, 15) is 9.59 Å². The number of hydrogen-bond acceptors (Lipinski definition) is 4. The molecule has 2 saturated heterocycles. The van der Waals surface area contributed by atoms with E-state index in [0.29, 0.717) is 12.5 Å². The quantitative estimate of drug-likeness (QED) is 0.831. The van der Waals surface area contributed by atoms with Gasteiger partial charge in [-0.1, -0.05) is 67.6 Å². The van der Waals surface area contributed by atoms with Crippen LogP contribution < -0.4 is 0 Å². The largest absolute Gasteiger partial charge is 0.446 e. The second-order valence-electron chi connectivity index (χ2n) is 7.48. The Balaban J connectivity index is 1.56. The Morgan fingerprint density at radius 2 is 1.74 bits per heavy atom. The van der Waals surface area contributed by atoms with Crippen molar-refractivity contribution in [1.82, 2.24) is 9.80 Å². The first kappa shape index (κ1) is 17.7. The highest BCUT2D eigenvalue weighted by atomic mass is 16.6. The molecule has 0 saturated carbocycles. The maximum absolute atomic E-state index is 13.4. The molecule has 2 aliphatic heterocycles. The van der Waals surface area contributed by atoms with E-state index < -0.39 is 6.09 Å². The van der Waals surface area contributed by atoms with Gasteiger partial charge in [0.15, 0.2) is 0 Å². The van der Waals surface area contributed by atoms with E-state index >= 15 is 0 Å². The van der Waals surface area contributed by atoms with Gasteiger partial charge in [-0.2, -0.15) is 0 Å². The molecule has 0 aromatic heterocycles. The number of likely N-dealkylation sites (tertiary alicyclic amines) is 1. The molecule has 0 radical (unpaired) electrons. The van der Waals surface area contributed by atoms with E-state index in [2.05, 4.69) is 24.0 Å². The van der Waals surface area contributed by atoms with Crippen LogP contribution in [-0.2, 0) is 16.1 Å². The number of hydrogen-bond donors (Lipinski definition) is 0. The molecular weight excluding hydrogens is 340 g/mol. The molecule has 0 spiro atoms. The zero-order chi connectivity index (χ0) is 18.8. The monoisotopic (exact) mass is 364 g/mol. The van der Waals surface area contributed by atoms with Crippen molar-refractivity contribution in [3.8, 4) is 0 Å². The summed E-state index contributed by atoms with van der Waals surface area (Å²) >= 11 is 0. The number of benzene rings is 2. The third-order valence-electron chi connectivity index (χ3n) is 5.42. The molecule has 3 atom stereocenters. The topological polar surface area (TPSA) is 49.9 Å². The van der Waals surface area contributed by atoms with Gasteiger partial charge in [0.1, 0.15) is 12.6 Å². The van der Waals surface area contributed by atoms with E-state index in [0.717, 1.165) is 18.5 Å². The van der Waals surface area contributed by atoms with Gasteiger partial charge in [0.05, 0.1) is 6.04 Å². The Morgan fingerprint density at radius 3 is 2.44 bits per heavy atom. The zero-order valence-corrected chi connectivity index (χ0v) is 15.5. The van der Waals surface area contributed by atoms with Crippen molar-refractivity contribution in [2.24, 2.45) is 5.92 Å². The number of imide groups is 1. The number of carbonyl (C=O) groups is 2. The summed E-state index contributed by atoms with van der Waals surface area (Å²) in [4.78, 5) is 29.3. The molecule has 2 amide bonds. The highest BCUT2D eigenvalue weighted by Crippen LogP contribution is 2.33. The van der Waals surface area contributed by atoms with Crippen LogP contribution in [0.2, 0.25) is 0 Å². The minimum absolute atomic E-state index is 0.147. The van der Waals surface area contributed by atoms with E-state index in [-0.39, 0.29) is 24.6 Å². The fourth-order valence-electron chi connectivity index (χ4n) is 4.13. The minimum Gasteiger partial charge on any atom is -0.446 e. The predicted molar refractivity (Wildman–Crippen MR) is 102 cm³/mol. The molecule has 0 N–H and O–H groups in total. The van der Waals surface area contributed by atoms with Crippen molar-refractivity contribution in [2.45, 2.75) is 32.0 Å². The normalized spacial score (nSPS) is 25.6. The van der Waals surface area contributed by atoms with Crippen LogP contribution in [0.4, 0.5) is 4.79 Å². The Labute approximate surface area is 159 Å². The van der Waals surface area contributed by atoms with Crippen LogP contribution in [0.25, 0.3) is 0 Å². The Kier molecular flexibility index (Phi) is 4.94. The first-order chi connectivity index (χ1) is 13.1. The number of rotatable bonds is 4. The summed E-state index contributed by atoms with van der Waals surface area (Å²) < 4.78 is 5.24. The molecule has 4 rings (SSSR count). The summed E-state index contributed by atoms with van der Waals surface area (Å²) in [5.74, 6) is 0.267. The molecule has 27 heavy (non-hydrogen) atoms. The summed E-state index contributed by atoms with van der Waals surface area (Å²) in [5.41, 5.74) is 2.10. The number of amides is 2. The zero-order valence-electron chi connectivity index (χ0n) is 15.5. The van der Waals surface area contributed by atoms with Crippen LogP contribution in [0, 0.1) is 5.92 Å². The summed E-state index contributed by atoms with van der Waals surface area (Å²) in [6.07, 6.45) is 0.227. The summed E-state index contributed by atoms with van der Waals surface area (Å²) in [6.45, 7) is 3.93. The molecule has 140 valence electrons. The fourth-order valence-corrected chi connectivity index (χ4v) is 4.13. The lowest BCUT2D eigenvalue weighted by molar-refractivity contribution is -0.134. The number of nitrogens with zero attached hydrogens (tertiary/aromatic N) is 2. The van der Waals surface area contributed by atoms with Crippen molar-refractivity contribution >= 4 is 12.0 Å². The number of cyclic esters (lactones) is 1. The van der Waals surface area contributed by atoms with Gasteiger partial charge in [0.25, 0.3) is 0 Å². The van der Waals surface area contributed by atoms with E-state index in [1.165, 1.54) is 10.5 Å². The van der Waals surface area contributed by atoms with Crippen molar-refractivity contribution in [1.29, 1.82) is 0 Å². The van der Waals surface area contributed by atoms with Gasteiger partial charge in [-0.15, -0.1) is 0 Å². The molecule has 2 aliphatic rings. The second-order valence-corrected chi connectivity index (χ2v) is 7.48. The Hall–Kier alpha value is -2.66. The van der Waals surface area contributed by atoms with Gasteiger partial charge in [-0.3, -0.25) is 9.69 Å². The highest BCUT2D eigenvalue weighted by molar-refractivity contribution is 5.96. The second kappa shape index (κ2) is 7.53. The first-order valence-corrected chi connectivity index (χ1v) is 9.46. The molecule has 0 aliphatic carbocycles. The lowest BCUT2D eigenvalue weighted by Crippen LogP contribution is -2.46. The van der Waals surface area contributed by atoms with Gasteiger partial charge in [0.2, 0.25) is 5.91 Å². The van der Waals surface area contributed by atoms with Gasteiger partial charge in [0, 0.05) is 13.1 Å². The summed E-state index contributed by atoms with van der Waals surface area (Å²) in [7, 11) is 0. The van der Waals surface area contributed by atoms with Crippen LogP contribution in [-0.4, -0.2) is 41.0 Å². The average Bonchev–Trinajstić information content (AvgIpc) is 3.25. The van der Waals surface area contributed by atoms with Crippen molar-refractivity contribution in [3.63, 3.8) is 0 Å². The predicted octanol–water partition coefficient (Wildman–Crippen LogP) is 3.62. The summed E-state index contributed by atoms with van der Waals surface area (Å²) in [5, 5.41) is 0. The van der Waals surface area contributed by atoms with E-state index in [1.54, 1.807) is 0 Å². The molecule has 2 aromatic rings. The van der Waals surface area contributed by atoms with Crippen LogP contribution in [0.3, 0.4) is 0 Å². The van der Waals surface area contributed by atoms with Gasteiger partial charge < -0.3 is 4.74 Å². The first-order valence-electron chi connectivity index (χ1n) is 9.46. The lowest BCUT2D eigenvalue weighted by atomic mass is 10.0. The van der Waals surface area contributed by atoms with Crippen LogP contribution in [0.15, 0.2) is 60.7 Å². The van der Waals surface area contributed by atoms with Crippen LogP contribution in [0.5, 0.6) is 0 Å². The summed E-state index contributed by atoms with van der Waals surface area (Å²) in [6, 6.07) is 19.1. The van der Waals surface area contributed by atoms with Crippen molar-refractivity contribution < 1.29 is 14.3 Å². The molecule has 5 heteroatoms. The molecule has 5 nitrogen and oxygen atoms in total. The minimum atomic E-state index is -0.534. The smallest absolute Gasteiger partial charge is 0.417 e. The van der Waals surface area contributed by atoms with Crippen molar-refractivity contribution in [3.05, 3.63) is 71.8 Å². The van der Waals surface area contributed by atoms with Crippen LogP contribution in [0.1, 0.15) is 30.5 Å². The van der Waals surface area contributed by atoms with Gasteiger partial charge in [-0.25, -0.2) is 9.69 Å². The maximum Gasteiger partial charge on any atom is 0.417 e. The third-order valence-corrected chi connectivity index (χ3v) is 5.42. The Morgan fingerprint density at radius 1 is 1.07 bits per heavy atom. The van der Waals surface area contributed by atoms with Crippen LogP contribution >= 0.6 is 0 Å². The molecule has 2 heterocycles. The molecular formula is C22H24N2O3. The third kappa shape index (κ3) is 3.60.